The van der Waals surface area contributed by atoms with E-state index in [0.717, 1.165) is 18.4 Å². The molecule has 2 atom stereocenters. The summed E-state index contributed by atoms with van der Waals surface area (Å²) < 4.78 is 5.71. The summed E-state index contributed by atoms with van der Waals surface area (Å²) >= 11 is 1.77. The molecule has 0 aromatic carbocycles. The second kappa shape index (κ2) is 5.25. The van der Waals surface area contributed by atoms with Crippen molar-refractivity contribution in [1.29, 1.82) is 0 Å². The van der Waals surface area contributed by atoms with E-state index < -0.39 is 0 Å². The van der Waals surface area contributed by atoms with Crippen LogP contribution in [0, 0.1) is 0 Å². The number of morpholine rings is 1. The zero-order valence-electron chi connectivity index (χ0n) is 11.6. The minimum absolute atomic E-state index is 0.141. The summed E-state index contributed by atoms with van der Waals surface area (Å²) in [6, 6.07) is 0. The van der Waals surface area contributed by atoms with Crippen molar-refractivity contribution >= 4 is 17.2 Å². The standard InChI is InChI=1S/C15H21NO2S/c1-10-7-16(8-11(2)18-10)15(17)13-9-19-14-6-4-3-5-12(13)14/h9-11H,3-8H2,1-2H3. The largest absolute Gasteiger partial charge is 0.372 e. The van der Waals surface area contributed by atoms with Crippen LogP contribution in [0.3, 0.4) is 0 Å². The first kappa shape index (κ1) is 13.1. The summed E-state index contributed by atoms with van der Waals surface area (Å²) in [5.41, 5.74) is 2.29. The lowest BCUT2D eigenvalue weighted by molar-refractivity contribution is -0.0586. The number of hydrogen-bond acceptors (Lipinski definition) is 3. The number of rotatable bonds is 1. The first-order valence-electron chi connectivity index (χ1n) is 7.19. The molecule has 19 heavy (non-hydrogen) atoms. The van der Waals surface area contributed by atoms with Gasteiger partial charge in [-0.3, -0.25) is 4.79 Å². The van der Waals surface area contributed by atoms with E-state index in [2.05, 4.69) is 5.38 Å². The summed E-state index contributed by atoms with van der Waals surface area (Å²) in [5.74, 6) is 0.210. The number of aryl methyl sites for hydroxylation is 1. The Hall–Kier alpha value is -0.870. The molecule has 0 bridgehead atoms. The van der Waals surface area contributed by atoms with E-state index in [1.807, 2.05) is 18.7 Å². The highest BCUT2D eigenvalue weighted by Gasteiger charge is 2.29. The predicted octanol–water partition coefficient (Wildman–Crippen LogP) is 2.88. The highest BCUT2D eigenvalue weighted by Crippen LogP contribution is 2.31. The van der Waals surface area contributed by atoms with Crippen molar-refractivity contribution in [2.75, 3.05) is 13.1 Å². The molecule has 2 unspecified atom stereocenters. The lowest BCUT2D eigenvalue weighted by atomic mass is 9.95. The van der Waals surface area contributed by atoms with Gasteiger partial charge in [0.2, 0.25) is 0 Å². The van der Waals surface area contributed by atoms with Gasteiger partial charge in [0.15, 0.2) is 0 Å². The SMILES string of the molecule is CC1CN(C(=O)c2csc3c2CCCC3)CC(C)O1. The fourth-order valence-corrected chi connectivity index (χ4v) is 4.31. The maximum atomic E-state index is 12.7. The van der Waals surface area contributed by atoms with E-state index in [1.165, 1.54) is 23.3 Å². The van der Waals surface area contributed by atoms with Crippen molar-refractivity contribution in [3.8, 4) is 0 Å². The summed E-state index contributed by atoms with van der Waals surface area (Å²) in [4.78, 5) is 16.1. The normalized spacial score (nSPS) is 27.2. The first-order valence-corrected chi connectivity index (χ1v) is 8.07. The van der Waals surface area contributed by atoms with Crippen LogP contribution in [-0.2, 0) is 17.6 Å². The minimum Gasteiger partial charge on any atom is -0.372 e. The fourth-order valence-electron chi connectivity index (χ4n) is 3.19. The van der Waals surface area contributed by atoms with Crippen LogP contribution in [0.4, 0.5) is 0 Å². The lowest BCUT2D eigenvalue weighted by Gasteiger charge is -2.35. The third kappa shape index (κ3) is 2.56. The van der Waals surface area contributed by atoms with E-state index in [1.54, 1.807) is 11.3 Å². The van der Waals surface area contributed by atoms with Crippen molar-refractivity contribution in [2.24, 2.45) is 0 Å². The molecule has 0 N–H and O–H groups in total. The highest BCUT2D eigenvalue weighted by atomic mass is 32.1. The number of thiophene rings is 1. The first-order chi connectivity index (χ1) is 9.15. The fraction of sp³-hybridized carbons (Fsp3) is 0.667. The van der Waals surface area contributed by atoms with Crippen LogP contribution in [-0.4, -0.2) is 36.1 Å². The Kier molecular flexibility index (Phi) is 3.63. The summed E-state index contributed by atoms with van der Waals surface area (Å²) in [7, 11) is 0. The molecular formula is C15H21NO2S. The molecule has 1 fully saturated rings. The maximum Gasteiger partial charge on any atom is 0.255 e. The van der Waals surface area contributed by atoms with Crippen LogP contribution < -0.4 is 0 Å². The second-order valence-electron chi connectivity index (χ2n) is 5.73. The van der Waals surface area contributed by atoms with Gasteiger partial charge in [-0.2, -0.15) is 0 Å². The molecule has 0 spiro atoms. The number of ether oxygens (including phenoxy) is 1. The smallest absolute Gasteiger partial charge is 0.255 e. The Bertz CT molecular complexity index is 472. The molecule has 2 aliphatic rings. The predicted molar refractivity (Wildman–Crippen MR) is 76.9 cm³/mol. The molecule has 2 heterocycles. The third-order valence-corrected chi connectivity index (χ3v) is 5.09. The van der Waals surface area contributed by atoms with Crippen LogP contribution in [0.25, 0.3) is 0 Å². The van der Waals surface area contributed by atoms with Crippen molar-refractivity contribution in [1.82, 2.24) is 4.90 Å². The van der Waals surface area contributed by atoms with E-state index in [0.29, 0.717) is 13.1 Å². The molecule has 104 valence electrons. The Labute approximate surface area is 118 Å². The zero-order valence-corrected chi connectivity index (χ0v) is 12.5. The Balaban J connectivity index is 1.82. The molecule has 1 aromatic heterocycles. The van der Waals surface area contributed by atoms with Gasteiger partial charge in [-0.25, -0.2) is 0 Å². The third-order valence-electron chi connectivity index (χ3n) is 4.00. The van der Waals surface area contributed by atoms with E-state index in [4.69, 9.17) is 4.74 Å². The molecule has 0 saturated carbocycles. The number of hydrogen-bond donors (Lipinski definition) is 0. The van der Waals surface area contributed by atoms with Crippen LogP contribution in [0.5, 0.6) is 0 Å². The molecule has 4 heteroatoms. The van der Waals surface area contributed by atoms with Gasteiger partial charge in [-0.15, -0.1) is 11.3 Å². The van der Waals surface area contributed by atoms with Crippen LogP contribution in [0.2, 0.25) is 0 Å². The van der Waals surface area contributed by atoms with E-state index in [9.17, 15) is 4.79 Å². The van der Waals surface area contributed by atoms with Crippen LogP contribution in [0.15, 0.2) is 5.38 Å². The van der Waals surface area contributed by atoms with E-state index in [-0.39, 0.29) is 18.1 Å². The molecule has 3 rings (SSSR count). The lowest BCUT2D eigenvalue weighted by Crippen LogP contribution is -2.48. The van der Waals surface area contributed by atoms with Crippen molar-refractivity contribution in [3.63, 3.8) is 0 Å². The van der Waals surface area contributed by atoms with Gasteiger partial charge in [-0.05, 0) is 45.1 Å². The Morgan fingerprint density at radius 3 is 2.68 bits per heavy atom. The summed E-state index contributed by atoms with van der Waals surface area (Å²) in [5, 5.41) is 2.07. The van der Waals surface area contributed by atoms with Gasteiger partial charge in [-0.1, -0.05) is 0 Å². The number of carbonyl (C=O) groups excluding carboxylic acids is 1. The molecular weight excluding hydrogens is 258 g/mol. The monoisotopic (exact) mass is 279 g/mol. The Morgan fingerprint density at radius 2 is 1.95 bits per heavy atom. The molecule has 1 saturated heterocycles. The average Bonchev–Trinajstić information content (AvgIpc) is 2.80. The maximum absolute atomic E-state index is 12.7. The van der Waals surface area contributed by atoms with Crippen LogP contribution >= 0.6 is 11.3 Å². The topological polar surface area (TPSA) is 29.5 Å². The van der Waals surface area contributed by atoms with Gasteiger partial charge >= 0.3 is 0 Å². The average molecular weight is 279 g/mol. The van der Waals surface area contributed by atoms with Crippen molar-refractivity contribution < 1.29 is 9.53 Å². The quantitative estimate of drug-likeness (QED) is 0.791. The molecule has 1 aromatic rings. The Morgan fingerprint density at radius 1 is 1.26 bits per heavy atom. The van der Waals surface area contributed by atoms with Crippen molar-refractivity contribution in [2.45, 2.75) is 51.7 Å². The zero-order chi connectivity index (χ0) is 13.4. The minimum atomic E-state index is 0.141. The summed E-state index contributed by atoms with van der Waals surface area (Å²) in [6.45, 7) is 5.51. The number of nitrogens with zero attached hydrogens (tertiary/aromatic N) is 1. The number of fused-ring (bicyclic) bond motifs is 1. The molecule has 0 radical (unpaired) electrons. The van der Waals surface area contributed by atoms with Gasteiger partial charge < -0.3 is 9.64 Å². The molecule has 1 aliphatic heterocycles. The van der Waals surface area contributed by atoms with Gasteiger partial charge in [0.1, 0.15) is 0 Å². The van der Waals surface area contributed by atoms with E-state index >= 15 is 0 Å². The second-order valence-corrected chi connectivity index (χ2v) is 6.69. The molecule has 3 nitrogen and oxygen atoms in total. The molecule has 1 amide bonds. The summed E-state index contributed by atoms with van der Waals surface area (Å²) in [6.07, 6.45) is 5.01. The highest BCUT2D eigenvalue weighted by molar-refractivity contribution is 7.10. The van der Waals surface area contributed by atoms with Gasteiger partial charge in [0.25, 0.3) is 5.91 Å². The molecule has 1 aliphatic carbocycles. The van der Waals surface area contributed by atoms with Gasteiger partial charge in [0, 0.05) is 23.3 Å². The van der Waals surface area contributed by atoms with Gasteiger partial charge in [0.05, 0.1) is 17.8 Å². The van der Waals surface area contributed by atoms with Crippen molar-refractivity contribution in [3.05, 3.63) is 21.4 Å². The number of amides is 1. The number of carbonyl (C=O) groups is 1. The van der Waals surface area contributed by atoms with Crippen LogP contribution in [0.1, 0.15) is 47.5 Å².